The summed E-state index contributed by atoms with van der Waals surface area (Å²) in [6.07, 6.45) is -4.83. The van der Waals surface area contributed by atoms with E-state index in [0.717, 1.165) is 12.1 Å². The molecule has 8 heteroatoms. The minimum Gasteiger partial charge on any atom is -0.507 e. The third-order valence-corrected chi connectivity index (χ3v) is 2.86. The first-order valence-electron chi connectivity index (χ1n) is 5.96. The average molecular weight is 319 g/mol. The van der Waals surface area contributed by atoms with Crippen LogP contribution in [0, 0.1) is 11.6 Å². The van der Waals surface area contributed by atoms with Crippen LogP contribution in [0.3, 0.4) is 0 Å². The Kier molecular flexibility index (Phi) is 4.23. The quantitative estimate of drug-likeness (QED) is 0.850. The molecule has 0 saturated heterocycles. The summed E-state index contributed by atoms with van der Waals surface area (Å²) in [6, 6.07) is 4.44. The number of phenols is 1. The molecule has 2 aromatic carbocycles. The van der Waals surface area contributed by atoms with E-state index >= 15 is 0 Å². The van der Waals surface area contributed by atoms with Crippen LogP contribution in [-0.4, -0.2) is 11.5 Å². The number of nitrogens with two attached hydrogens (primary N) is 1. The molecule has 0 aliphatic heterocycles. The van der Waals surface area contributed by atoms with Crippen LogP contribution in [0.2, 0.25) is 0 Å². The maximum Gasteiger partial charge on any atom is 0.573 e. The molecular weight excluding hydrogens is 309 g/mol. The van der Waals surface area contributed by atoms with E-state index in [-0.39, 0.29) is 11.1 Å². The Morgan fingerprint density at radius 2 is 1.64 bits per heavy atom. The zero-order chi connectivity index (χ0) is 16.5. The molecule has 2 rings (SSSR count). The lowest BCUT2D eigenvalue weighted by Gasteiger charge is -2.16. The fraction of sp³-hybridized carbons (Fsp3) is 0.143. The van der Waals surface area contributed by atoms with E-state index in [2.05, 4.69) is 4.74 Å². The van der Waals surface area contributed by atoms with Gasteiger partial charge in [0.05, 0.1) is 11.6 Å². The van der Waals surface area contributed by atoms with Gasteiger partial charge in [0.15, 0.2) is 0 Å². The van der Waals surface area contributed by atoms with Crippen molar-refractivity contribution in [3.8, 4) is 11.5 Å². The predicted molar refractivity (Wildman–Crippen MR) is 67.2 cm³/mol. The van der Waals surface area contributed by atoms with E-state index < -0.39 is 35.5 Å². The SMILES string of the molecule is N[C@H](c1ccc(OC(F)(F)F)cc1)c1c(O)cc(F)cc1F. The standard InChI is InChI=1S/C14H10F5NO2/c15-8-5-10(16)12(11(21)6-8)13(20)7-1-3-9(4-2-7)22-14(17,18)19/h1-6,13,21H,20H2/t13-/m1/s1. The Morgan fingerprint density at radius 3 is 2.14 bits per heavy atom. The van der Waals surface area contributed by atoms with Gasteiger partial charge in [-0.1, -0.05) is 12.1 Å². The molecule has 3 N–H and O–H groups in total. The van der Waals surface area contributed by atoms with Crippen LogP contribution in [0.5, 0.6) is 11.5 Å². The van der Waals surface area contributed by atoms with E-state index in [9.17, 15) is 27.1 Å². The van der Waals surface area contributed by atoms with Crippen LogP contribution >= 0.6 is 0 Å². The van der Waals surface area contributed by atoms with Gasteiger partial charge in [0.2, 0.25) is 0 Å². The van der Waals surface area contributed by atoms with Crippen molar-refractivity contribution >= 4 is 0 Å². The summed E-state index contributed by atoms with van der Waals surface area (Å²) in [5.74, 6) is -3.17. The highest BCUT2D eigenvalue weighted by molar-refractivity contribution is 5.42. The van der Waals surface area contributed by atoms with Crippen molar-refractivity contribution in [1.82, 2.24) is 0 Å². The number of hydrogen-bond acceptors (Lipinski definition) is 3. The Labute approximate surface area is 121 Å². The molecule has 2 aromatic rings. The van der Waals surface area contributed by atoms with Gasteiger partial charge in [-0.2, -0.15) is 0 Å². The molecule has 0 radical (unpaired) electrons. The zero-order valence-corrected chi connectivity index (χ0v) is 10.9. The Balaban J connectivity index is 2.29. The summed E-state index contributed by atoms with van der Waals surface area (Å²) < 4.78 is 66.4. The molecular formula is C14H10F5NO2. The number of hydrogen-bond donors (Lipinski definition) is 2. The fourth-order valence-corrected chi connectivity index (χ4v) is 1.92. The van der Waals surface area contributed by atoms with Crippen LogP contribution < -0.4 is 10.5 Å². The number of rotatable bonds is 3. The van der Waals surface area contributed by atoms with Crippen molar-refractivity contribution in [2.75, 3.05) is 0 Å². The smallest absolute Gasteiger partial charge is 0.507 e. The molecule has 0 saturated carbocycles. The van der Waals surface area contributed by atoms with Crippen LogP contribution in [0.4, 0.5) is 22.0 Å². The zero-order valence-electron chi connectivity index (χ0n) is 10.9. The summed E-state index contributed by atoms with van der Waals surface area (Å²) in [7, 11) is 0. The number of ether oxygens (including phenoxy) is 1. The molecule has 0 amide bonds. The lowest BCUT2D eigenvalue weighted by Crippen LogP contribution is -2.17. The molecule has 0 bridgehead atoms. The Morgan fingerprint density at radius 1 is 1.05 bits per heavy atom. The van der Waals surface area contributed by atoms with Gasteiger partial charge in [-0.15, -0.1) is 13.2 Å². The molecule has 0 aliphatic carbocycles. The lowest BCUT2D eigenvalue weighted by molar-refractivity contribution is -0.274. The van der Waals surface area contributed by atoms with Gasteiger partial charge in [-0.25, -0.2) is 8.78 Å². The molecule has 118 valence electrons. The van der Waals surface area contributed by atoms with Crippen molar-refractivity contribution in [1.29, 1.82) is 0 Å². The summed E-state index contributed by atoms with van der Waals surface area (Å²) >= 11 is 0. The van der Waals surface area contributed by atoms with Gasteiger partial charge in [0, 0.05) is 12.1 Å². The molecule has 3 nitrogen and oxygen atoms in total. The maximum absolute atomic E-state index is 13.7. The van der Waals surface area contributed by atoms with E-state index in [4.69, 9.17) is 5.73 Å². The number of halogens is 5. The highest BCUT2D eigenvalue weighted by atomic mass is 19.4. The van der Waals surface area contributed by atoms with Gasteiger partial charge >= 0.3 is 6.36 Å². The second-order valence-corrected chi connectivity index (χ2v) is 4.41. The van der Waals surface area contributed by atoms with Gasteiger partial charge in [0.1, 0.15) is 23.1 Å². The summed E-state index contributed by atoms with van der Waals surface area (Å²) in [4.78, 5) is 0. The molecule has 1 atom stereocenters. The highest BCUT2D eigenvalue weighted by Crippen LogP contribution is 2.32. The van der Waals surface area contributed by atoms with E-state index in [0.29, 0.717) is 12.1 Å². The predicted octanol–water partition coefficient (Wildman–Crippen LogP) is 3.62. The number of benzene rings is 2. The van der Waals surface area contributed by atoms with Gasteiger partial charge < -0.3 is 15.6 Å². The molecule has 0 aromatic heterocycles. The van der Waals surface area contributed by atoms with Crippen LogP contribution in [0.15, 0.2) is 36.4 Å². The van der Waals surface area contributed by atoms with Crippen LogP contribution in [0.25, 0.3) is 0 Å². The number of aromatic hydroxyl groups is 1. The van der Waals surface area contributed by atoms with Gasteiger partial charge in [0.25, 0.3) is 0 Å². The summed E-state index contributed by atoms with van der Waals surface area (Å²) in [6.45, 7) is 0. The molecule has 0 aliphatic rings. The fourth-order valence-electron chi connectivity index (χ4n) is 1.92. The molecule has 22 heavy (non-hydrogen) atoms. The second-order valence-electron chi connectivity index (χ2n) is 4.41. The molecule has 0 fully saturated rings. The third-order valence-electron chi connectivity index (χ3n) is 2.86. The summed E-state index contributed by atoms with van der Waals surface area (Å²) in [5.41, 5.74) is 5.62. The minimum absolute atomic E-state index is 0.218. The molecule has 0 unspecified atom stereocenters. The first-order chi connectivity index (χ1) is 10.2. The lowest BCUT2D eigenvalue weighted by atomic mass is 9.98. The highest BCUT2D eigenvalue weighted by Gasteiger charge is 2.31. The van der Waals surface area contributed by atoms with E-state index in [1.807, 2.05) is 0 Å². The van der Waals surface area contributed by atoms with Crippen LogP contribution in [0.1, 0.15) is 17.2 Å². The average Bonchev–Trinajstić information content (AvgIpc) is 2.36. The Hall–Kier alpha value is -2.35. The normalized spacial score (nSPS) is 13.0. The Bertz CT molecular complexity index is 647. The van der Waals surface area contributed by atoms with E-state index in [1.54, 1.807) is 0 Å². The number of alkyl halides is 3. The second kappa shape index (κ2) is 5.80. The van der Waals surface area contributed by atoms with Gasteiger partial charge in [-0.3, -0.25) is 0 Å². The first kappa shape index (κ1) is 16.0. The van der Waals surface area contributed by atoms with Crippen molar-refractivity contribution in [3.63, 3.8) is 0 Å². The van der Waals surface area contributed by atoms with Crippen molar-refractivity contribution in [3.05, 3.63) is 59.2 Å². The number of phenolic OH excluding ortho intramolecular Hbond substituents is 1. The third kappa shape index (κ3) is 3.64. The maximum atomic E-state index is 13.7. The monoisotopic (exact) mass is 319 g/mol. The van der Waals surface area contributed by atoms with Crippen molar-refractivity contribution in [2.45, 2.75) is 12.4 Å². The first-order valence-corrected chi connectivity index (χ1v) is 5.96. The van der Waals surface area contributed by atoms with Crippen LogP contribution in [-0.2, 0) is 0 Å². The van der Waals surface area contributed by atoms with E-state index in [1.165, 1.54) is 12.1 Å². The van der Waals surface area contributed by atoms with Crippen molar-refractivity contribution in [2.24, 2.45) is 5.73 Å². The molecule has 0 heterocycles. The van der Waals surface area contributed by atoms with Crippen molar-refractivity contribution < 1.29 is 31.8 Å². The minimum atomic E-state index is -4.83. The summed E-state index contributed by atoms with van der Waals surface area (Å²) in [5, 5.41) is 9.58. The largest absolute Gasteiger partial charge is 0.573 e. The van der Waals surface area contributed by atoms with Gasteiger partial charge in [-0.05, 0) is 17.7 Å². The topological polar surface area (TPSA) is 55.5 Å². The molecule has 0 spiro atoms.